The number of quaternary nitrogens is 2. The van der Waals surface area contributed by atoms with Crippen LogP contribution in [0.4, 0.5) is 4.39 Å². The lowest BCUT2D eigenvalue weighted by atomic mass is 10.1. The molecule has 0 saturated carbocycles. The summed E-state index contributed by atoms with van der Waals surface area (Å²) < 4.78 is 13.2. The minimum Gasteiger partial charge on any atom is -0.326 e. The van der Waals surface area contributed by atoms with E-state index in [-0.39, 0.29) is 5.82 Å². The molecule has 23 heavy (non-hydrogen) atoms. The highest BCUT2D eigenvalue weighted by Crippen LogP contribution is 2.02. The first-order valence-electron chi connectivity index (χ1n) is 8.75. The molecule has 3 rings (SSSR count). The van der Waals surface area contributed by atoms with E-state index in [2.05, 4.69) is 30.3 Å². The van der Waals surface area contributed by atoms with Gasteiger partial charge in [0.1, 0.15) is 38.5 Å². The Bertz CT molecular complexity index is 592. The van der Waals surface area contributed by atoms with Gasteiger partial charge in [0.2, 0.25) is 0 Å². The Morgan fingerprint density at radius 3 is 2.22 bits per heavy atom. The molecule has 1 heterocycles. The van der Waals surface area contributed by atoms with Gasteiger partial charge in [-0.25, -0.2) is 4.39 Å². The van der Waals surface area contributed by atoms with Gasteiger partial charge >= 0.3 is 0 Å². The lowest BCUT2D eigenvalue weighted by Gasteiger charge is -2.29. The molecular weight excluding hydrogens is 287 g/mol. The molecule has 0 amide bonds. The Morgan fingerprint density at radius 1 is 0.783 bits per heavy atom. The maximum Gasteiger partial charge on any atom is 0.127 e. The highest BCUT2D eigenvalue weighted by Gasteiger charge is 2.22. The van der Waals surface area contributed by atoms with Gasteiger partial charge in [-0.05, 0) is 24.1 Å². The molecule has 2 aromatic rings. The first kappa shape index (κ1) is 16.2. The molecule has 0 unspecified atom stereocenters. The average molecular weight is 314 g/mol. The fourth-order valence-corrected chi connectivity index (χ4v) is 3.51. The fraction of sp³-hybridized carbons (Fsp3) is 0.400. The highest BCUT2D eigenvalue weighted by molar-refractivity contribution is 5.15. The number of aryl methyl sites for hydroxylation is 1. The van der Waals surface area contributed by atoms with Gasteiger partial charge in [0.15, 0.2) is 0 Å². The molecule has 0 atom stereocenters. The lowest BCUT2D eigenvalue weighted by Crippen LogP contribution is -3.27. The summed E-state index contributed by atoms with van der Waals surface area (Å²) >= 11 is 0. The van der Waals surface area contributed by atoms with Crippen molar-refractivity contribution in [3.05, 3.63) is 71.5 Å². The monoisotopic (exact) mass is 314 g/mol. The molecule has 0 aliphatic carbocycles. The van der Waals surface area contributed by atoms with Gasteiger partial charge in [0.25, 0.3) is 0 Å². The number of hydrogen-bond donors (Lipinski definition) is 2. The van der Waals surface area contributed by atoms with Gasteiger partial charge in [-0.15, -0.1) is 0 Å². The Morgan fingerprint density at radius 2 is 1.48 bits per heavy atom. The van der Waals surface area contributed by atoms with Crippen LogP contribution in [-0.2, 0) is 13.0 Å². The third kappa shape index (κ3) is 5.15. The van der Waals surface area contributed by atoms with E-state index in [4.69, 9.17) is 0 Å². The van der Waals surface area contributed by atoms with Crippen LogP contribution in [0.5, 0.6) is 0 Å². The first-order chi connectivity index (χ1) is 11.3. The fourth-order valence-electron chi connectivity index (χ4n) is 3.51. The summed E-state index contributed by atoms with van der Waals surface area (Å²) in [6.45, 7) is 7.07. The molecule has 1 aliphatic rings. The van der Waals surface area contributed by atoms with E-state index >= 15 is 0 Å². The zero-order valence-corrected chi connectivity index (χ0v) is 13.7. The molecule has 1 saturated heterocycles. The van der Waals surface area contributed by atoms with Gasteiger partial charge in [-0.3, -0.25) is 0 Å². The molecule has 1 aliphatic heterocycles. The van der Waals surface area contributed by atoms with Crippen LogP contribution in [0, 0.1) is 5.82 Å². The summed E-state index contributed by atoms with van der Waals surface area (Å²) in [7, 11) is 0. The maximum absolute atomic E-state index is 13.2. The smallest absolute Gasteiger partial charge is 0.127 e. The quantitative estimate of drug-likeness (QED) is 0.778. The minimum absolute atomic E-state index is 0.118. The van der Waals surface area contributed by atoms with Crippen LogP contribution in [0.2, 0.25) is 0 Å². The van der Waals surface area contributed by atoms with E-state index in [9.17, 15) is 4.39 Å². The van der Waals surface area contributed by atoms with Crippen LogP contribution in [-0.4, -0.2) is 32.7 Å². The standard InChI is InChI=1S/C20H25FN2/c21-20-10-4-8-19(16-20)17-23-14-12-22(13-15-23)11-5-9-18-6-2-1-3-7-18/h1-4,6-8,10,16H,5,9,11-15,17H2/p+2. The van der Waals surface area contributed by atoms with Crippen LogP contribution in [0.1, 0.15) is 17.5 Å². The molecule has 3 heteroatoms. The van der Waals surface area contributed by atoms with Crippen molar-refractivity contribution in [1.82, 2.24) is 0 Å². The Hall–Kier alpha value is -1.71. The van der Waals surface area contributed by atoms with Gasteiger partial charge in [-0.2, -0.15) is 0 Å². The Balaban J connectivity index is 1.37. The molecule has 0 radical (unpaired) electrons. The SMILES string of the molecule is Fc1cccc(C[NH+]2CC[NH+](CCCc3ccccc3)CC2)c1. The summed E-state index contributed by atoms with van der Waals surface area (Å²) in [4.78, 5) is 3.31. The summed E-state index contributed by atoms with van der Waals surface area (Å²) in [6.07, 6.45) is 2.45. The van der Waals surface area contributed by atoms with Crippen LogP contribution in [0.15, 0.2) is 54.6 Å². The van der Waals surface area contributed by atoms with Crippen molar-refractivity contribution in [2.75, 3.05) is 32.7 Å². The van der Waals surface area contributed by atoms with Crippen LogP contribution < -0.4 is 9.80 Å². The van der Waals surface area contributed by atoms with E-state index < -0.39 is 0 Å². The average Bonchev–Trinajstić information content (AvgIpc) is 2.58. The molecular formula is C20H27FN2+2. The topological polar surface area (TPSA) is 8.88 Å². The zero-order valence-electron chi connectivity index (χ0n) is 13.7. The van der Waals surface area contributed by atoms with Crippen LogP contribution in [0.3, 0.4) is 0 Å². The van der Waals surface area contributed by atoms with Crippen molar-refractivity contribution < 1.29 is 14.2 Å². The van der Waals surface area contributed by atoms with E-state index in [0.717, 1.165) is 12.1 Å². The van der Waals surface area contributed by atoms with Crippen molar-refractivity contribution in [3.8, 4) is 0 Å². The summed E-state index contributed by atoms with van der Waals surface area (Å²) in [5, 5.41) is 0. The third-order valence-corrected chi connectivity index (χ3v) is 4.85. The highest BCUT2D eigenvalue weighted by atomic mass is 19.1. The molecule has 122 valence electrons. The van der Waals surface area contributed by atoms with Crippen molar-refractivity contribution >= 4 is 0 Å². The third-order valence-electron chi connectivity index (χ3n) is 4.85. The van der Waals surface area contributed by atoms with Crippen LogP contribution >= 0.6 is 0 Å². The number of halogens is 1. The largest absolute Gasteiger partial charge is 0.326 e. The van der Waals surface area contributed by atoms with Crippen molar-refractivity contribution in [3.63, 3.8) is 0 Å². The molecule has 1 fully saturated rings. The Kier molecular flexibility index (Phi) is 5.78. The van der Waals surface area contributed by atoms with Gasteiger partial charge in [0, 0.05) is 12.0 Å². The van der Waals surface area contributed by atoms with E-state index in [1.165, 1.54) is 57.2 Å². The number of hydrogen-bond acceptors (Lipinski definition) is 0. The summed E-state index contributed by atoms with van der Waals surface area (Å²) in [5.41, 5.74) is 2.56. The number of rotatable bonds is 6. The molecule has 2 N–H and O–H groups in total. The Labute approximate surface area is 138 Å². The molecule has 2 aromatic carbocycles. The normalized spacial score (nSPS) is 21.3. The molecule has 0 spiro atoms. The van der Waals surface area contributed by atoms with E-state index in [0.29, 0.717) is 0 Å². The van der Waals surface area contributed by atoms with Gasteiger partial charge < -0.3 is 9.80 Å². The second kappa shape index (κ2) is 8.23. The van der Waals surface area contributed by atoms with E-state index in [1.54, 1.807) is 15.9 Å². The molecule has 2 nitrogen and oxygen atoms in total. The van der Waals surface area contributed by atoms with Gasteiger partial charge in [0.05, 0.1) is 6.54 Å². The predicted octanol–water partition coefficient (Wildman–Crippen LogP) is 0.742. The number of nitrogens with one attached hydrogen (secondary N) is 2. The zero-order chi connectivity index (χ0) is 15.9. The van der Waals surface area contributed by atoms with Gasteiger partial charge in [-0.1, -0.05) is 42.5 Å². The van der Waals surface area contributed by atoms with E-state index in [1.807, 2.05) is 12.1 Å². The molecule has 0 aromatic heterocycles. The number of benzene rings is 2. The van der Waals surface area contributed by atoms with Crippen molar-refractivity contribution in [2.45, 2.75) is 19.4 Å². The second-order valence-electron chi connectivity index (χ2n) is 6.65. The first-order valence-corrected chi connectivity index (χ1v) is 8.75. The summed E-state index contributed by atoms with van der Waals surface area (Å²) in [5.74, 6) is -0.118. The number of piperazine rings is 1. The minimum atomic E-state index is -0.118. The van der Waals surface area contributed by atoms with Crippen molar-refractivity contribution in [1.29, 1.82) is 0 Å². The summed E-state index contributed by atoms with van der Waals surface area (Å²) in [6, 6.07) is 17.8. The van der Waals surface area contributed by atoms with Crippen molar-refractivity contribution in [2.24, 2.45) is 0 Å². The molecule has 0 bridgehead atoms. The predicted molar refractivity (Wildman–Crippen MR) is 91.1 cm³/mol. The lowest BCUT2D eigenvalue weighted by molar-refractivity contribution is -1.02. The second-order valence-corrected chi connectivity index (χ2v) is 6.65. The maximum atomic E-state index is 13.2. The van der Waals surface area contributed by atoms with Crippen LogP contribution in [0.25, 0.3) is 0 Å².